The molecule has 0 spiro atoms. The largest absolute Gasteiger partial charge is 0.477 e. The molecule has 3 nitrogen and oxygen atoms in total. The Morgan fingerprint density at radius 2 is 2.00 bits per heavy atom. The molecule has 0 saturated heterocycles. The van der Waals surface area contributed by atoms with Gasteiger partial charge in [0.05, 0.1) is 6.61 Å². The Hall–Kier alpha value is -1.30. The first-order valence-electron chi connectivity index (χ1n) is 6.14. The lowest BCUT2D eigenvalue weighted by atomic mass is 10.1. The summed E-state index contributed by atoms with van der Waals surface area (Å²) in [5.74, 6) is 0.425. The zero-order valence-electron chi connectivity index (χ0n) is 11.4. The molecule has 0 saturated carbocycles. The molecule has 19 heavy (non-hydrogen) atoms. The fourth-order valence-corrected chi connectivity index (χ4v) is 1.78. The van der Waals surface area contributed by atoms with Gasteiger partial charge in [0.2, 0.25) is 5.88 Å². The fourth-order valence-electron chi connectivity index (χ4n) is 1.78. The van der Waals surface area contributed by atoms with Gasteiger partial charge >= 0.3 is 6.18 Å². The van der Waals surface area contributed by atoms with Crippen molar-refractivity contribution in [2.75, 3.05) is 13.7 Å². The Kier molecular flexibility index (Phi) is 5.60. The topological polar surface area (TPSA) is 34.2 Å². The molecule has 0 amide bonds. The van der Waals surface area contributed by atoms with Crippen molar-refractivity contribution < 1.29 is 17.9 Å². The molecule has 1 rings (SSSR count). The Morgan fingerprint density at radius 1 is 1.32 bits per heavy atom. The number of aromatic nitrogens is 1. The van der Waals surface area contributed by atoms with Crippen molar-refractivity contribution in [2.24, 2.45) is 0 Å². The van der Waals surface area contributed by atoms with Crippen LogP contribution in [-0.4, -0.2) is 24.8 Å². The molecule has 0 aliphatic heterocycles. The van der Waals surface area contributed by atoms with Crippen molar-refractivity contribution in [1.82, 2.24) is 10.3 Å². The number of aryl methyl sites for hydroxylation is 2. The lowest BCUT2D eigenvalue weighted by molar-refractivity contribution is -0.136. The van der Waals surface area contributed by atoms with Crippen LogP contribution in [0.5, 0.6) is 5.88 Å². The van der Waals surface area contributed by atoms with Crippen LogP contribution in [0.2, 0.25) is 0 Å². The monoisotopic (exact) mass is 276 g/mol. The summed E-state index contributed by atoms with van der Waals surface area (Å²) >= 11 is 0. The van der Waals surface area contributed by atoms with Gasteiger partial charge in [-0.3, -0.25) is 0 Å². The molecule has 1 N–H and O–H groups in total. The van der Waals surface area contributed by atoms with Gasteiger partial charge < -0.3 is 10.1 Å². The minimum Gasteiger partial charge on any atom is -0.477 e. The molecule has 0 bridgehead atoms. The number of pyridine rings is 1. The van der Waals surface area contributed by atoms with Gasteiger partial charge in [-0.15, -0.1) is 0 Å². The van der Waals surface area contributed by atoms with Crippen LogP contribution in [0.4, 0.5) is 13.2 Å². The van der Waals surface area contributed by atoms with E-state index in [1.165, 1.54) is 0 Å². The average molecular weight is 276 g/mol. The molecule has 0 unspecified atom stereocenters. The SMILES string of the molecule is CNCc1c(C)cc(C)nc1OCCCC(F)(F)F. The normalized spacial score (nSPS) is 11.7. The van der Waals surface area contributed by atoms with Gasteiger partial charge in [0.1, 0.15) is 0 Å². The van der Waals surface area contributed by atoms with E-state index in [1.54, 1.807) is 7.05 Å². The van der Waals surface area contributed by atoms with Gasteiger partial charge in [-0.05, 0) is 38.9 Å². The summed E-state index contributed by atoms with van der Waals surface area (Å²) in [6.07, 6.45) is -5.02. The second-order valence-corrected chi connectivity index (χ2v) is 4.46. The maximum atomic E-state index is 12.0. The predicted octanol–water partition coefficient (Wildman–Crippen LogP) is 3.14. The minimum atomic E-state index is -4.13. The molecule has 0 aliphatic carbocycles. The molecule has 0 atom stereocenters. The molecule has 0 radical (unpaired) electrons. The van der Waals surface area contributed by atoms with Gasteiger partial charge in [0.25, 0.3) is 0 Å². The average Bonchev–Trinajstić information content (AvgIpc) is 2.27. The van der Waals surface area contributed by atoms with E-state index in [0.29, 0.717) is 12.4 Å². The first kappa shape index (κ1) is 15.8. The van der Waals surface area contributed by atoms with Gasteiger partial charge in [-0.1, -0.05) is 0 Å². The maximum absolute atomic E-state index is 12.0. The molecule has 0 aromatic carbocycles. The van der Waals surface area contributed by atoms with Crippen LogP contribution >= 0.6 is 0 Å². The first-order chi connectivity index (χ1) is 8.83. The van der Waals surface area contributed by atoms with Crippen LogP contribution in [0.3, 0.4) is 0 Å². The number of rotatable bonds is 6. The number of halogens is 3. The van der Waals surface area contributed by atoms with Crippen LogP contribution in [0.1, 0.15) is 29.7 Å². The second kappa shape index (κ2) is 6.75. The van der Waals surface area contributed by atoms with Crippen LogP contribution in [0, 0.1) is 13.8 Å². The van der Waals surface area contributed by atoms with E-state index < -0.39 is 12.6 Å². The third-order valence-corrected chi connectivity index (χ3v) is 2.63. The zero-order chi connectivity index (χ0) is 14.5. The van der Waals surface area contributed by atoms with Gasteiger partial charge in [-0.25, -0.2) is 4.98 Å². The van der Waals surface area contributed by atoms with Crippen molar-refractivity contribution in [2.45, 2.75) is 39.4 Å². The van der Waals surface area contributed by atoms with Crippen molar-refractivity contribution in [3.05, 3.63) is 22.9 Å². The molecule has 1 heterocycles. The van der Waals surface area contributed by atoms with Crippen molar-refractivity contribution in [1.29, 1.82) is 0 Å². The Morgan fingerprint density at radius 3 is 2.58 bits per heavy atom. The van der Waals surface area contributed by atoms with Crippen LogP contribution in [0.25, 0.3) is 0 Å². The molecule has 6 heteroatoms. The number of nitrogens with one attached hydrogen (secondary N) is 1. The zero-order valence-corrected chi connectivity index (χ0v) is 11.4. The fraction of sp³-hybridized carbons (Fsp3) is 0.615. The highest BCUT2D eigenvalue weighted by Gasteiger charge is 2.26. The summed E-state index contributed by atoms with van der Waals surface area (Å²) in [7, 11) is 1.80. The number of hydrogen-bond acceptors (Lipinski definition) is 3. The molecule has 0 fully saturated rings. The molecule has 108 valence electrons. The highest BCUT2D eigenvalue weighted by Crippen LogP contribution is 2.23. The van der Waals surface area contributed by atoms with E-state index in [2.05, 4.69) is 10.3 Å². The quantitative estimate of drug-likeness (QED) is 0.810. The molecule has 1 aromatic rings. The number of hydrogen-bond donors (Lipinski definition) is 1. The lowest BCUT2D eigenvalue weighted by Gasteiger charge is -2.14. The molecule has 0 aliphatic rings. The first-order valence-corrected chi connectivity index (χ1v) is 6.14. The number of ether oxygens (including phenoxy) is 1. The smallest absolute Gasteiger partial charge is 0.389 e. The summed E-state index contributed by atoms with van der Waals surface area (Å²) in [5.41, 5.74) is 2.70. The maximum Gasteiger partial charge on any atom is 0.389 e. The van der Waals surface area contributed by atoms with E-state index in [0.717, 1.165) is 16.8 Å². The van der Waals surface area contributed by atoms with Gasteiger partial charge in [-0.2, -0.15) is 13.2 Å². The van der Waals surface area contributed by atoms with Crippen molar-refractivity contribution >= 4 is 0 Å². The van der Waals surface area contributed by atoms with Crippen LogP contribution < -0.4 is 10.1 Å². The third kappa shape index (κ3) is 5.46. The van der Waals surface area contributed by atoms with Crippen molar-refractivity contribution in [3.8, 4) is 5.88 Å². The Balaban J connectivity index is 2.66. The van der Waals surface area contributed by atoms with E-state index >= 15 is 0 Å². The van der Waals surface area contributed by atoms with Crippen LogP contribution in [0.15, 0.2) is 6.07 Å². The summed E-state index contributed by atoms with van der Waals surface area (Å²) in [6, 6.07) is 1.93. The highest BCUT2D eigenvalue weighted by molar-refractivity contribution is 5.35. The highest BCUT2D eigenvalue weighted by atomic mass is 19.4. The van der Waals surface area contributed by atoms with E-state index in [9.17, 15) is 13.2 Å². The Bertz CT molecular complexity index is 419. The second-order valence-electron chi connectivity index (χ2n) is 4.46. The standard InChI is InChI=1S/C13H19F3N2O/c1-9-7-10(2)18-12(11(9)8-17-3)19-6-4-5-13(14,15)16/h7,17H,4-6,8H2,1-3H3. The summed E-state index contributed by atoms with van der Waals surface area (Å²) in [6.45, 7) is 4.36. The van der Waals surface area contributed by atoms with Gasteiger partial charge in [0.15, 0.2) is 0 Å². The van der Waals surface area contributed by atoms with Crippen molar-refractivity contribution in [3.63, 3.8) is 0 Å². The predicted molar refractivity (Wildman–Crippen MR) is 67.3 cm³/mol. The summed E-state index contributed by atoms with van der Waals surface area (Å²) in [5, 5.41) is 3.00. The molecular weight excluding hydrogens is 257 g/mol. The summed E-state index contributed by atoms with van der Waals surface area (Å²) in [4.78, 5) is 4.24. The Labute approximate surface area is 111 Å². The number of alkyl halides is 3. The van der Waals surface area contributed by atoms with Crippen LogP contribution in [-0.2, 0) is 6.54 Å². The lowest BCUT2D eigenvalue weighted by Crippen LogP contribution is -2.13. The van der Waals surface area contributed by atoms with E-state index in [4.69, 9.17) is 4.74 Å². The van der Waals surface area contributed by atoms with Gasteiger partial charge in [0, 0.05) is 24.2 Å². The molecular formula is C13H19F3N2O. The molecule has 1 aromatic heterocycles. The number of nitrogens with zero attached hydrogens (tertiary/aromatic N) is 1. The van der Waals surface area contributed by atoms with E-state index in [-0.39, 0.29) is 13.0 Å². The van der Waals surface area contributed by atoms with E-state index in [1.807, 2.05) is 19.9 Å². The third-order valence-electron chi connectivity index (χ3n) is 2.63. The minimum absolute atomic E-state index is 0.0200. The summed E-state index contributed by atoms with van der Waals surface area (Å²) < 4.78 is 41.5.